The molecular formula is C12H23IN6O. The number of carbonyl (C=O) groups is 1. The molecule has 7 nitrogen and oxygen atoms in total. The Hall–Kier alpha value is -1.32. The van der Waals surface area contributed by atoms with Gasteiger partial charge in [-0.15, -0.1) is 24.0 Å². The SMILES string of the molecule is CN=C(NCC(=O)NC(C)(C)C)NCc1ccn[nH]1.I. The second-order valence-corrected chi connectivity index (χ2v) is 5.16. The molecule has 0 atom stereocenters. The van der Waals surface area contributed by atoms with Crippen molar-refractivity contribution in [3.8, 4) is 0 Å². The van der Waals surface area contributed by atoms with Crippen LogP contribution in [0.15, 0.2) is 17.3 Å². The van der Waals surface area contributed by atoms with Crippen LogP contribution in [0.3, 0.4) is 0 Å². The molecule has 0 saturated carbocycles. The van der Waals surface area contributed by atoms with Gasteiger partial charge in [0.05, 0.1) is 18.8 Å². The molecule has 0 bridgehead atoms. The maximum atomic E-state index is 11.6. The molecule has 0 fully saturated rings. The van der Waals surface area contributed by atoms with Crippen molar-refractivity contribution in [2.24, 2.45) is 4.99 Å². The third-order valence-corrected chi connectivity index (χ3v) is 2.16. The van der Waals surface area contributed by atoms with Crippen molar-refractivity contribution in [3.63, 3.8) is 0 Å². The van der Waals surface area contributed by atoms with Gasteiger partial charge in [-0.1, -0.05) is 0 Å². The Kier molecular flexibility index (Phi) is 8.19. The summed E-state index contributed by atoms with van der Waals surface area (Å²) in [7, 11) is 1.66. The predicted octanol–water partition coefficient (Wildman–Crippen LogP) is 0.607. The number of carbonyl (C=O) groups excluding carboxylic acids is 1. The lowest BCUT2D eigenvalue weighted by atomic mass is 10.1. The van der Waals surface area contributed by atoms with E-state index in [1.54, 1.807) is 13.2 Å². The highest BCUT2D eigenvalue weighted by Gasteiger charge is 2.13. The van der Waals surface area contributed by atoms with E-state index in [0.717, 1.165) is 5.69 Å². The third kappa shape index (κ3) is 7.97. The van der Waals surface area contributed by atoms with Crippen LogP contribution >= 0.6 is 24.0 Å². The molecule has 8 heteroatoms. The number of nitrogens with zero attached hydrogens (tertiary/aromatic N) is 2. The minimum absolute atomic E-state index is 0. The van der Waals surface area contributed by atoms with Gasteiger partial charge in [-0.05, 0) is 26.8 Å². The highest BCUT2D eigenvalue weighted by molar-refractivity contribution is 14.0. The first-order valence-electron chi connectivity index (χ1n) is 6.14. The maximum absolute atomic E-state index is 11.6. The summed E-state index contributed by atoms with van der Waals surface area (Å²) in [5, 5.41) is 15.6. The van der Waals surface area contributed by atoms with Crippen LogP contribution in [0, 0.1) is 0 Å². The number of amides is 1. The average Bonchev–Trinajstić information content (AvgIpc) is 2.80. The molecular weight excluding hydrogens is 371 g/mol. The van der Waals surface area contributed by atoms with Gasteiger partial charge in [-0.2, -0.15) is 5.10 Å². The summed E-state index contributed by atoms with van der Waals surface area (Å²) in [5.41, 5.74) is 0.716. The summed E-state index contributed by atoms with van der Waals surface area (Å²) in [6.45, 7) is 6.57. The zero-order valence-corrected chi connectivity index (χ0v) is 14.6. The number of rotatable bonds is 4. The van der Waals surface area contributed by atoms with Gasteiger partial charge in [-0.3, -0.25) is 14.9 Å². The molecule has 20 heavy (non-hydrogen) atoms. The van der Waals surface area contributed by atoms with E-state index in [1.807, 2.05) is 26.8 Å². The number of halogens is 1. The zero-order valence-electron chi connectivity index (χ0n) is 12.3. The van der Waals surface area contributed by atoms with Crippen molar-refractivity contribution in [2.45, 2.75) is 32.9 Å². The smallest absolute Gasteiger partial charge is 0.239 e. The molecule has 0 saturated heterocycles. The number of aromatic amines is 1. The van der Waals surface area contributed by atoms with Gasteiger partial charge in [0.15, 0.2) is 5.96 Å². The van der Waals surface area contributed by atoms with E-state index >= 15 is 0 Å². The minimum atomic E-state index is -0.231. The molecule has 1 heterocycles. The summed E-state index contributed by atoms with van der Waals surface area (Å²) in [6, 6.07) is 1.87. The molecule has 0 unspecified atom stereocenters. The molecule has 114 valence electrons. The number of aromatic nitrogens is 2. The van der Waals surface area contributed by atoms with E-state index in [0.29, 0.717) is 12.5 Å². The summed E-state index contributed by atoms with van der Waals surface area (Å²) >= 11 is 0. The van der Waals surface area contributed by atoms with Crippen LogP contribution in [0.25, 0.3) is 0 Å². The number of hydrogen-bond donors (Lipinski definition) is 4. The Labute approximate surface area is 136 Å². The lowest BCUT2D eigenvalue weighted by molar-refractivity contribution is -0.121. The first-order valence-corrected chi connectivity index (χ1v) is 6.14. The summed E-state index contributed by atoms with van der Waals surface area (Å²) < 4.78 is 0. The average molecular weight is 394 g/mol. The first-order chi connectivity index (χ1) is 8.90. The molecule has 1 aromatic rings. The van der Waals surface area contributed by atoms with Gasteiger partial charge in [0.1, 0.15) is 0 Å². The second kappa shape index (κ2) is 8.77. The quantitative estimate of drug-likeness (QED) is 0.342. The van der Waals surface area contributed by atoms with Crippen molar-refractivity contribution in [1.29, 1.82) is 0 Å². The van der Waals surface area contributed by atoms with Crippen LogP contribution in [0.2, 0.25) is 0 Å². The van der Waals surface area contributed by atoms with E-state index in [-0.39, 0.29) is 42.0 Å². The van der Waals surface area contributed by atoms with Crippen LogP contribution < -0.4 is 16.0 Å². The highest BCUT2D eigenvalue weighted by Crippen LogP contribution is 1.97. The molecule has 4 N–H and O–H groups in total. The van der Waals surface area contributed by atoms with Gasteiger partial charge in [-0.25, -0.2) is 0 Å². The van der Waals surface area contributed by atoms with Gasteiger partial charge < -0.3 is 16.0 Å². The number of H-pyrrole nitrogens is 1. The van der Waals surface area contributed by atoms with Gasteiger partial charge in [0.2, 0.25) is 5.91 Å². The van der Waals surface area contributed by atoms with Gasteiger partial charge >= 0.3 is 0 Å². The Morgan fingerprint density at radius 1 is 1.40 bits per heavy atom. The Balaban J connectivity index is 0.00000361. The van der Waals surface area contributed by atoms with Gasteiger partial charge in [0, 0.05) is 18.8 Å². The third-order valence-electron chi connectivity index (χ3n) is 2.16. The van der Waals surface area contributed by atoms with Crippen LogP contribution in [-0.2, 0) is 11.3 Å². The summed E-state index contributed by atoms with van der Waals surface area (Å²) in [5.74, 6) is 0.496. The van der Waals surface area contributed by atoms with Crippen molar-refractivity contribution < 1.29 is 4.79 Å². The largest absolute Gasteiger partial charge is 0.351 e. The van der Waals surface area contributed by atoms with E-state index in [9.17, 15) is 4.79 Å². The molecule has 1 rings (SSSR count). The number of aliphatic imine (C=N–C) groups is 1. The topological polar surface area (TPSA) is 94.2 Å². The van der Waals surface area contributed by atoms with Crippen LogP contribution in [-0.4, -0.2) is 41.2 Å². The molecule has 1 amide bonds. The van der Waals surface area contributed by atoms with Crippen LogP contribution in [0.4, 0.5) is 0 Å². The Bertz CT molecular complexity index is 424. The molecule has 0 aliphatic heterocycles. The fraction of sp³-hybridized carbons (Fsp3) is 0.583. The van der Waals surface area contributed by atoms with Crippen molar-refractivity contribution in [1.82, 2.24) is 26.1 Å². The molecule has 0 spiro atoms. The van der Waals surface area contributed by atoms with E-state index in [2.05, 4.69) is 31.1 Å². The standard InChI is InChI=1S/C12H22N6O.HI/c1-12(2,3)17-10(19)8-15-11(13-4)14-7-9-5-6-16-18-9;/h5-6H,7-8H2,1-4H3,(H,16,18)(H,17,19)(H2,13,14,15);1H. The lowest BCUT2D eigenvalue weighted by Gasteiger charge is -2.21. The number of nitrogens with one attached hydrogen (secondary N) is 4. The number of guanidine groups is 1. The van der Waals surface area contributed by atoms with E-state index < -0.39 is 0 Å². The Morgan fingerprint density at radius 2 is 2.10 bits per heavy atom. The molecule has 0 aliphatic carbocycles. The highest BCUT2D eigenvalue weighted by atomic mass is 127. The molecule has 0 radical (unpaired) electrons. The second-order valence-electron chi connectivity index (χ2n) is 5.16. The lowest BCUT2D eigenvalue weighted by Crippen LogP contribution is -2.48. The summed E-state index contributed by atoms with van der Waals surface area (Å²) in [6.07, 6.45) is 1.68. The summed E-state index contributed by atoms with van der Waals surface area (Å²) in [4.78, 5) is 15.7. The molecule has 0 aliphatic rings. The number of hydrogen-bond acceptors (Lipinski definition) is 3. The van der Waals surface area contributed by atoms with Crippen molar-refractivity contribution in [2.75, 3.05) is 13.6 Å². The van der Waals surface area contributed by atoms with Crippen molar-refractivity contribution in [3.05, 3.63) is 18.0 Å². The van der Waals surface area contributed by atoms with Crippen LogP contribution in [0.5, 0.6) is 0 Å². The molecule has 0 aromatic carbocycles. The van der Waals surface area contributed by atoms with E-state index in [4.69, 9.17) is 0 Å². The first kappa shape index (κ1) is 18.7. The normalized spacial score (nSPS) is 11.5. The molecule has 1 aromatic heterocycles. The van der Waals surface area contributed by atoms with Crippen molar-refractivity contribution >= 4 is 35.8 Å². The zero-order chi connectivity index (χ0) is 14.3. The Morgan fingerprint density at radius 3 is 2.60 bits per heavy atom. The van der Waals surface area contributed by atoms with E-state index in [1.165, 1.54) is 0 Å². The fourth-order valence-electron chi connectivity index (χ4n) is 1.41. The maximum Gasteiger partial charge on any atom is 0.239 e. The fourth-order valence-corrected chi connectivity index (χ4v) is 1.41. The van der Waals surface area contributed by atoms with Gasteiger partial charge in [0.25, 0.3) is 0 Å². The predicted molar refractivity (Wildman–Crippen MR) is 90.1 cm³/mol. The monoisotopic (exact) mass is 394 g/mol. The minimum Gasteiger partial charge on any atom is -0.351 e. The van der Waals surface area contributed by atoms with Crippen LogP contribution in [0.1, 0.15) is 26.5 Å².